The monoisotopic (exact) mass is 99.1 g/mol. The van der Waals surface area contributed by atoms with Crippen LogP contribution in [-0.2, 0) is 0 Å². The van der Waals surface area contributed by atoms with Crippen molar-refractivity contribution in [3.8, 4) is 0 Å². The van der Waals surface area contributed by atoms with E-state index in [1.165, 1.54) is 0 Å². The van der Waals surface area contributed by atoms with Crippen LogP contribution in [0.2, 0.25) is 19.6 Å². The van der Waals surface area contributed by atoms with Crippen molar-refractivity contribution in [1.82, 2.24) is 0 Å². The van der Waals surface area contributed by atoms with Crippen LogP contribution in [0.25, 0.3) is 0 Å². The van der Waals surface area contributed by atoms with Crippen LogP contribution in [0.3, 0.4) is 0 Å². The van der Waals surface area contributed by atoms with Gasteiger partial charge in [0.05, 0.1) is 0 Å². The molecule has 0 saturated heterocycles. The third-order valence-electron chi connectivity index (χ3n) is 0. The van der Waals surface area contributed by atoms with Crippen LogP contribution < -0.4 is 0 Å². The Kier molecular flexibility index (Phi) is 13.5. The second kappa shape index (κ2) is 8.83. The van der Waals surface area contributed by atoms with Crippen LogP contribution in [0.5, 0.6) is 0 Å². The van der Waals surface area contributed by atoms with E-state index in [9.17, 15) is 0 Å². The number of hydrogen-bond acceptors (Lipinski definition) is 1. The Hall–Kier alpha value is -0.293. The van der Waals surface area contributed by atoms with Gasteiger partial charge in [0.15, 0.2) is 0 Å². The molecule has 0 fully saturated rings. The third kappa shape index (κ3) is 316. The molecule has 0 aromatic carbocycles. The Labute approximate surface area is 41.2 Å². The van der Waals surface area contributed by atoms with Crippen LogP contribution >= 0.6 is 0 Å². The minimum absolute atomic E-state index is 0.120. The molecule has 1 radical (unpaired) electrons. The standard InChI is InChI=1S/C3H9Si.CN/c1-4(2)3;1-2/h1-3H3;/q;-1. The minimum atomic E-state index is 0.120. The van der Waals surface area contributed by atoms with Crippen molar-refractivity contribution in [1.29, 1.82) is 5.26 Å². The molecular formula is C4H9NSi-. The number of nitrogens with zero attached hydrogens (tertiary/aromatic N) is 1. The van der Waals surface area contributed by atoms with Crippen molar-refractivity contribution < 1.29 is 0 Å². The summed E-state index contributed by atoms with van der Waals surface area (Å²) in [7, 11) is 0.120. The van der Waals surface area contributed by atoms with Gasteiger partial charge in [-0.15, -0.1) is 0 Å². The van der Waals surface area contributed by atoms with Crippen molar-refractivity contribution in [2.45, 2.75) is 19.6 Å². The van der Waals surface area contributed by atoms with Gasteiger partial charge >= 0.3 is 0 Å². The van der Waals surface area contributed by atoms with Gasteiger partial charge in [0.2, 0.25) is 0 Å². The highest BCUT2D eigenvalue weighted by Crippen LogP contribution is 1.68. The maximum absolute atomic E-state index is 6.25. The molecule has 0 atom stereocenters. The molecule has 6 heavy (non-hydrogen) atoms. The first kappa shape index (κ1) is 9.20. The molecule has 0 amide bonds. The van der Waals surface area contributed by atoms with E-state index in [2.05, 4.69) is 19.6 Å². The summed E-state index contributed by atoms with van der Waals surface area (Å²) >= 11 is 0. The zero-order valence-electron chi connectivity index (χ0n) is 4.45. The van der Waals surface area contributed by atoms with E-state index in [4.69, 9.17) is 11.8 Å². The van der Waals surface area contributed by atoms with Gasteiger partial charge < -0.3 is 11.8 Å². The molecule has 35 valence electrons. The lowest BCUT2D eigenvalue weighted by Crippen LogP contribution is -1.84. The van der Waals surface area contributed by atoms with E-state index in [0.29, 0.717) is 0 Å². The minimum Gasteiger partial charge on any atom is -0.512 e. The predicted molar refractivity (Wildman–Crippen MR) is 28.3 cm³/mol. The summed E-state index contributed by atoms with van der Waals surface area (Å²) in [6.45, 7) is 11.6. The molecule has 0 unspecified atom stereocenters. The largest absolute Gasteiger partial charge is 0.512 e. The Bertz CT molecular complexity index is 29.0. The van der Waals surface area contributed by atoms with Gasteiger partial charge in [0.25, 0.3) is 0 Å². The van der Waals surface area contributed by atoms with Crippen molar-refractivity contribution in [3.05, 3.63) is 6.57 Å². The molecule has 0 heterocycles. The Morgan fingerprint density at radius 3 is 1.17 bits per heavy atom. The summed E-state index contributed by atoms with van der Waals surface area (Å²) in [5, 5.41) is 6.25. The average molecular weight is 99.2 g/mol. The summed E-state index contributed by atoms with van der Waals surface area (Å²) in [5.74, 6) is 0. The molecular weight excluding hydrogens is 90.1 g/mol. The van der Waals surface area contributed by atoms with E-state index >= 15 is 0 Å². The Morgan fingerprint density at radius 2 is 1.17 bits per heavy atom. The van der Waals surface area contributed by atoms with Crippen LogP contribution in [0.15, 0.2) is 0 Å². The van der Waals surface area contributed by atoms with Crippen molar-refractivity contribution >= 4 is 8.80 Å². The van der Waals surface area contributed by atoms with E-state index < -0.39 is 0 Å². The summed E-state index contributed by atoms with van der Waals surface area (Å²) in [4.78, 5) is 0. The van der Waals surface area contributed by atoms with Gasteiger partial charge in [0, 0.05) is 8.80 Å². The molecule has 0 aliphatic carbocycles. The van der Waals surface area contributed by atoms with E-state index in [0.717, 1.165) is 0 Å². The first-order chi connectivity index (χ1) is 2.73. The second-order valence-corrected chi connectivity index (χ2v) is 4.50. The van der Waals surface area contributed by atoms with Gasteiger partial charge in [-0.05, 0) is 0 Å². The first-order valence-electron chi connectivity index (χ1n) is 1.72. The zero-order valence-corrected chi connectivity index (χ0v) is 5.45. The molecule has 0 N–H and O–H groups in total. The zero-order chi connectivity index (χ0) is 5.58. The molecule has 0 aliphatic heterocycles. The highest BCUT2D eigenvalue weighted by molar-refractivity contribution is 6.54. The van der Waals surface area contributed by atoms with E-state index in [-0.39, 0.29) is 8.80 Å². The fraction of sp³-hybridized carbons (Fsp3) is 0.750. The van der Waals surface area contributed by atoms with Crippen LogP contribution in [0.4, 0.5) is 0 Å². The fourth-order valence-corrected chi connectivity index (χ4v) is 0. The first-order valence-corrected chi connectivity index (χ1v) is 4.72. The van der Waals surface area contributed by atoms with Crippen molar-refractivity contribution in [2.75, 3.05) is 0 Å². The normalized spacial score (nSPS) is 6.33. The quantitative estimate of drug-likeness (QED) is 0.333. The smallest absolute Gasteiger partial charge is 0.0379 e. The highest BCUT2D eigenvalue weighted by atomic mass is 28.3. The molecule has 0 aromatic heterocycles. The molecule has 0 aliphatic rings. The second-order valence-electron chi connectivity index (χ2n) is 1.50. The lowest BCUT2D eigenvalue weighted by Gasteiger charge is -1.75. The third-order valence-corrected chi connectivity index (χ3v) is 0. The summed E-state index contributed by atoms with van der Waals surface area (Å²) < 4.78 is 0. The van der Waals surface area contributed by atoms with E-state index in [1.807, 2.05) is 0 Å². The summed E-state index contributed by atoms with van der Waals surface area (Å²) in [6.07, 6.45) is 0. The van der Waals surface area contributed by atoms with Crippen molar-refractivity contribution in [3.63, 3.8) is 0 Å². The van der Waals surface area contributed by atoms with Gasteiger partial charge in [-0.1, -0.05) is 19.6 Å². The number of hydrogen-bond donors (Lipinski definition) is 0. The van der Waals surface area contributed by atoms with Crippen LogP contribution in [-0.4, -0.2) is 8.80 Å². The van der Waals surface area contributed by atoms with Gasteiger partial charge in [0.1, 0.15) is 0 Å². The Morgan fingerprint density at radius 1 is 1.17 bits per heavy atom. The van der Waals surface area contributed by atoms with E-state index in [1.54, 1.807) is 0 Å². The molecule has 0 spiro atoms. The van der Waals surface area contributed by atoms with Crippen LogP contribution in [0, 0.1) is 11.8 Å². The number of rotatable bonds is 0. The Balaban J connectivity index is 0. The summed E-state index contributed by atoms with van der Waals surface area (Å²) in [6, 6.07) is 0. The maximum atomic E-state index is 6.25. The maximum Gasteiger partial charge on any atom is 0.0379 e. The predicted octanol–water partition coefficient (Wildman–Crippen LogP) is 1.47. The molecule has 0 aromatic rings. The van der Waals surface area contributed by atoms with Crippen LogP contribution in [0.1, 0.15) is 0 Å². The van der Waals surface area contributed by atoms with Crippen molar-refractivity contribution in [2.24, 2.45) is 0 Å². The lowest BCUT2D eigenvalue weighted by atomic mass is 11.8. The molecule has 0 bridgehead atoms. The average Bonchev–Trinajstić information content (AvgIpc) is 1.41. The molecule has 2 heteroatoms. The molecule has 1 nitrogen and oxygen atoms in total. The fourth-order valence-electron chi connectivity index (χ4n) is 0. The topological polar surface area (TPSA) is 23.8 Å². The highest BCUT2D eigenvalue weighted by Gasteiger charge is 1.72. The van der Waals surface area contributed by atoms with Gasteiger partial charge in [-0.2, -0.15) is 0 Å². The molecule has 0 rings (SSSR count). The van der Waals surface area contributed by atoms with Gasteiger partial charge in [-0.25, -0.2) is 0 Å². The SMILES string of the molecule is C[Si](C)C.[C-]#N. The summed E-state index contributed by atoms with van der Waals surface area (Å²) in [5.41, 5.74) is 0. The lowest BCUT2D eigenvalue weighted by molar-refractivity contribution is 1.53. The molecule has 0 saturated carbocycles. The van der Waals surface area contributed by atoms with Gasteiger partial charge in [-0.3, -0.25) is 0 Å².